The van der Waals surface area contributed by atoms with Crippen molar-refractivity contribution in [3.8, 4) is 0 Å². The lowest BCUT2D eigenvalue weighted by Gasteiger charge is -2.46. The van der Waals surface area contributed by atoms with Gasteiger partial charge >= 0.3 is 0 Å². The Labute approximate surface area is 120 Å². The molecule has 0 radical (unpaired) electrons. The largest absolute Gasteiger partial charge is 0.390 e. The highest BCUT2D eigenvalue weighted by atomic mass is 16.3. The molecule has 2 fully saturated rings. The van der Waals surface area contributed by atoms with Crippen LogP contribution in [0.25, 0.3) is 0 Å². The van der Waals surface area contributed by atoms with Crippen molar-refractivity contribution in [2.24, 2.45) is 29.6 Å². The second kappa shape index (κ2) is 6.16. The van der Waals surface area contributed by atoms with E-state index in [-0.39, 0.29) is 5.60 Å². The second-order valence-electron chi connectivity index (χ2n) is 8.16. The van der Waals surface area contributed by atoms with Gasteiger partial charge < -0.3 is 5.11 Å². The van der Waals surface area contributed by atoms with Crippen LogP contribution in [-0.2, 0) is 0 Å². The van der Waals surface area contributed by atoms with E-state index < -0.39 is 0 Å². The van der Waals surface area contributed by atoms with E-state index in [0.717, 1.165) is 36.5 Å². The highest BCUT2D eigenvalue weighted by Gasteiger charge is 2.43. The molecule has 0 aromatic rings. The van der Waals surface area contributed by atoms with E-state index in [1.54, 1.807) is 0 Å². The third-order valence-corrected chi connectivity index (χ3v) is 6.03. The molecule has 0 aliphatic heterocycles. The maximum atomic E-state index is 11.2. The summed E-state index contributed by atoms with van der Waals surface area (Å²) in [5.41, 5.74) is -0.327. The topological polar surface area (TPSA) is 20.2 Å². The smallest absolute Gasteiger partial charge is 0.0678 e. The number of hydrogen-bond acceptors (Lipinski definition) is 1. The highest BCUT2D eigenvalue weighted by molar-refractivity contribution is 4.94. The van der Waals surface area contributed by atoms with E-state index in [1.807, 2.05) is 0 Å². The quantitative estimate of drug-likeness (QED) is 0.760. The average molecular weight is 266 g/mol. The second-order valence-corrected chi connectivity index (χ2v) is 8.16. The molecule has 0 aromatic carbocycles. The summed E-state index contributed by atoms with van der Waals surface area (Å²) in [7, 11) is 0. The molecule has 0 heterocycles. The summed E-state index contributed by atoms with van der Waals surface area (Å²) in [5.74, 6) is 3.78. The average Bonchev–Trinajstić information content (AvgIpc) is 2.31. The van der Waals surface area contributed by atoms with Gasteiger partial charge in [0.1, 0.15) is 0 Å². The third kappa shape index (κ3) is 3.74. The summed E-state index contributed by atoms with van der Waals surface area (Å²) in [6, 6.07) is 0. The van der Waals surface area contributed by atoms with Gasteiger partial charge in [-0.2, -0.15) is 0 Å². The molecule has 2 aliphatic carbocycles. The summed E-state index contributed by atoms with van der Waals surface area (Å²) >= 11 is 0. The van der Waals surface area contributed by atoms with Crippen LogP contribution in [0.4, 0.5) is 0 Å². The van der Waals surface area contributed by atoms with Crippen molar-refractivity contribution >= 4 is 0 Å². The lowest BCUT2D eigenvalue weighted by molar-refractivity contribution is -0.0879. The van der Waals surface area contributed by atoms with Gasteiger partial charge in [0.05, 0.1) is 5.60 Å². The van der Waals surface area contributed by atoms with Crippen molar-refractivity contribution in [1.29, 1.82) is 0 Å². The Morgan fingerprint density at radius 1 is 1.11 bits per heavy atom. The van der Waals surface area contributed by atoms with E-state index in [9.17, 15) is 5.11 Å². The minimum absolute atomic E-state index is 0.327. The van der Waals surface area contributed by atoms with Crippen molar-refractivity contribution in [2.75, 3.05) is 0 Å². The Balaban J connectivity index is 1.97. The van der Waals surface area contributed by atoms with Crippen molar-refractivity contribution < 1.29 is 5.11 Å². The van der Waals surface area contributed by atoms with Gasteiger partial charge in [0.2, 0.25) is 0 Å². The molecule has 112 valence electrons. The van der Waals surface area contributed by atoms with Gasteiger partial charge in [0.15, 0.2) is 0 Å². The first-order valence-corrected chi connectivity index (χ1v) is 8.63. The van der Waals surface area contributed by atoms with Crippen LogP contribution in [0.1, 0.15) is 79.1 Å². The zero-order valence-corrected chi connectivity index (χ0v) is 13.5. The molecule has 5 atom stereocenters. The van der Waals surface area contributed by atoms with E-state index in [2.05, 4.69) is 27.7 Å². The number of aliphatic hydroxyl groups is 1. The van der Waals surface area contributed by atoms with Gasteiger partial charge in [-0.1, -0.05) is 47.0 Å². The predicted octanol–water partition coefficient (Wildman–Crippen LogP) is 5.03. The molecule has 2 rings (SSSR count). The lowest BCUT2D eigenvalue weighted by Crippen LogP contribution is -2.45. The number of rotatable bonds is 3. The van der Waals surface area contributed by atoms with Crippen LogP contribution in [0.2, 0.25) is 0 Å². The summed E-state index contributed by atoms with van der Waals surface area (Å²) in [6.45, 7) is 9.40. The lowest BCUT2D eigenvalue weighted by atomic mass is 9.63. The van der Waals surface area contributed by atoms with Crippen LogP contribution >= 0.6 is 0 Å². The van der Waals surface area contributed by atoms with Crippen LogP contribution in [0.5, 0.6) is 0 Å². The molecule has 1 N–H and O–H groups in total. The van der Waals surface area contributed by atoms with Gasteiger partial charge in [0, 0.05) is 0 Å². The normalized spacial score (nSPS) is 44.5. The minimum Gasteiger partial charge on any atom is -0.390 e. The van der Waals surface area contributed by atoms with Crippen LogP contribution in [-0.4, -0.2) is 10.7 Å². The molecular formula is C18H34O. The molecule has 5 unspecified atom stereocenters. The van der Waals surface area contributed by atoms with Crippen LogP contribution < -0.4 is 0 Å². The molecule has 0 bridgehead atoms. The van der Waals surface area contributed by atoms with Gasteiger partial charge in [-0.15, -0.1) is 0 Å². The Hall–Kier alpha value is -0.0400. The zero-order valence-electron chi connectivity index (χ0n) is 13.5. The van der Waals surface area contributed by atoms with Crippen molar-refractivity contribution in [2.45, 2.75) is 84.7 Å². The molecule has 0 aromatic heterocycles. The fraction of sp³-hybridized carbons (Fsp3) is 1.00. The minimum atomic E-state index is -0.327. The SMILES string of the molecule is CC(C)CC1CCCC(O)(C2CCC(C)C(C)C2)C1. The fourth-order valence-electron chi connectivity index (χ4n) is 4.68. The molecule has 2 saturated carbocycles. The first-order chi connectivity index (χ1) is 8.90. The molecule has 0 spiro atoms. The molecule has 2 aliphatic rings. The first-order valence-electron chi connectivity index (χ1n) is 8.63. The molecule has 19 heavy (non-hydrogen) atoms. The summed E-state index contributed by atoms with van der Waals surface area (Å²) in [5, 5.41) is 11.2. The van der Waals surface area contributed by atoms with Gasteiger partial charge in [-0.05, 0) is 61.7 Å². The van der Waals surface area contributed by atoms with E-state index in [4.69, 9.17) is 0 Å². The fourth-order valence-corrected chi connectivity index (χ4v) is 4.68. The van der Waals surface area contributed by atoms with Gasteiger partial charge in [-0.25, -0.2) is 0 Å². The monoisotopic (exact) mass is 266 g/mol. The summed E-state index contributed by atoms with van der Waals surface area (Å²) in [6.07, 6.45) is 9.88. The summed E-state index contributed by atoms with van der Waals surface area (Å²) in [4.78, 5) is 0. The maximum Gasteiger partial charge on any atom is 0.0678 e. The zero-order chi connectivity index (χ0) is 14.0. The maximum absolute atomic E-state index is 11.2. The standard InChI is InChI=1S/C18H34O/c1-13(2)10-16-6-5-9-18(19,12-16)17-8-7-14(3)15(4)11-17/h13-17,19H,5-12H2,1-4H3. The molecule has 0 amide bonds. The van der Waals surface area contributed by atoms with E-state index in [1.165, 1.54) is 38.5 Å². The highest BCUT2D eigenvalue weighted by Crippen LogP contribution is 2.47. The van der Waals surface area contributed by atoms with Crippen LogP contribution in [0.15, 0.2) is 0 Å². The predicted molar refractivity (Wildman–Crippen MR) is 82.0 cm³/mol. The van der Waals surface area contributed by atoms with Crippen LogP contribution in [0.3, 0.4) is 0 Å². The van der Waals surface area contributed by atoms with Crippen molar-refractivity contribution in [1.82, 2.24) is 0 Å². The Bertz CT molecular complexity index is 285. The van der Waals surface area contributed by atoms with Crippen molar-refractivity contribution in [3.63, 3.8) is 0 Å². The van der Waals surface area contributed by atoms with Gasteiger partial charge in [-0.3, -0.25) is 0 Å². The number of hydrogen-bond donors (Lipinski definition) is 1. The van der Waals surface area contributed by atoms with E-state index >= 15 is 0 Å². The third-order valence-electron chi connectivity index (χ3n) is 6.03. The van der Waals surface area contributed by atoms with Crippen molar-refractivity contribution in [3.05, 3.63) is 0 Å². The van der Waals surface area contributed by atoms with Crippen LogP contribution in [0, 0.1) is 29.6 Å². The van der Waals surface area contributed by atoms with Gasteiger partial charge in [0.25, 0.3) is 0 Å². The Kier molecular flexibility index (Phi) is 4.98. The molecule has 1 nitrogen and oxygen atoms in total. The summed E-state index contributed by atoms with van der Waals surface area (Å²) < 4.78 is 0. The Morgan fingerprint density at radius 3 is 2.47 bits per heavy atom. The molecular weight excluding hydrogens is 232 g/mol. The Morgan fingerprint density at radius 2 is 1.84 bits per heavy atom. The molecule has 1 heteroatoms. The molecule has 0 saturated heterocycles. The first kappa shape index (κ1) is 15.4. The van der Waals surface area contributed by atoms with E-state index in [0.29, 0.717) is 5.92 Å².